The third-order valence-electron chi connectivity index (χ3n) is 23.0. The molecular weight excluding hydrogens is 1340 g/mol. The van der Waals surface area contributed by atoms with Crippen molar-refractivity contribution in [1.82, 2.24) is 0 Å². The van der Waals surface area contributed by atoms with Gasteiger partial charge in [0.25, 0.3) is 6.71 Å². The van der Waals surface area contributed by atoms with Crippen molar-refractivity contribution in [3.05, 3.63) is 394 Å². The van der Waals surface area contributed by atoms with Gasteiger partial charge in [0.2, 0.25) is 0 Å². The van der Waals surface area contributed by atoms with Crippen molar-refractivity contribution in [3.8, 4) is 111 Å². The fraction of sp³-hybridized carbons (Fsp3) is 0.0377. The topological polar surface area (TPSA) is 32.8 Å². The van der Waals surface area contributed by atoms with E-state index in [2.05, 4.69) is 419 Å². The summed E-state index contributed by atoms with van der Waals surface area (Å²) in [7, 11) is 0. The Bertz CT molecular complexity index is 6460. The summed E-state index contributed by atoms with van der Waals surface area (Å²) in [4.78, 5) is 5.38. The Kier molecular flexibility index (Phi) is 15.6. The highest BCUT2D eigenvalue weighted by atomic mass is 16.3. The predicted molar refractivity (Wildman–Crippen MR) is 468 cm³/mol. The zero-order valence-electron chi connectivity index (χ0n) is 61.7. The van der Waals surface area contributed by atoms with Gasteiger partial charge in [0.1, 0.15) is 22.3 Å². The SMILES string of the molecule is CC(C)(C)c1cc2c3c(c1)N(c1c(-c4cccc(-c5ccccc5)c4)cc(-c4ccccc4)cc1-c1cccc4c1oc1ccccc14)c1ccc(-c4ccccc4)cc1B3c1cc(-c3ccccc3)ccc1N2c1c(-c2cccc(-c3ccccc3)c2)cc(-c2ccccc2)cc1-c1cccc2c1oc1ccccc12. The number of furan rings is 2. The summed E-state index contributed by atoms with van der Waals surface area (Å²) in [6.07, 6.45) is 0. The second-order valence-corrected chi connectivity index (χ2v) is 30.6. The van der Waals surface area contributed by atoms with E-state index in [1.165, 1.54) is 22.0 Å². The summed E-state index contributed by atoms with van der Waals surface area (Å²) in [5.74, 6) is 0. The second-order valence-electron chi connectivity index (χ2n) is 30.6. The summed E-state index contributed by atoms with van der Waals surface area (Å²) >= 11 is 0. The molecule has 0 N–H and O–H groups in total. The van der Waals surface area contributed by atoms with Crippen molar-refractivity contribution in [3.63, 3.8) is 0 Å². The summed E-state index contributed by atoms with van der Waals surface area (Å²) < 4.78 is 14.6. The number of hydrogen-bond donors (Lipinski definition) is 0. The molecule has 0 atom stereocenters. The monoisotopic (exact) mass is 1420 g/mol. The molecule has 522 valence electrons. The normalized spacial score (nSPS) is 12.4. The Morgan fingerprint density at radius 1 is 0.225 bits per heavy atom. The van der Waals surface area contributed by atoms with Gasteiger partial charge in [-0.2, -0.15) is 0 Å². The third-order valence-corrected chi connectivity index (χ3v) is 23.0. The van der Waals surface area contributed by atoms with Crippen LogP contribution in [0.15, 0.2) is 397 Å². The second kappa shape index (κ2) is 26.4. The molecule has 2 aliphatic heterocycles. The van der Waals surface area contributed by atoms with E-state index < -0.39 is 5.41 Å². The molecule has 21 rings (SSSR count). The van der Waals surface area contributed by atoms with E-state index in [0.29, 0.717) is 0 Å². The molecule has 111 heavy (non-hydrogen) atoms. The summed E-state index contributed by atoms with van der Waals surface area (Å²) in [6, 6.07) is 144. The van der Waals surface area contributed by atoms with Crippen molar-refractivity contribution < 1.29 is 8.83 Å². The summed E-state index contributed by atoms with van der Waals surface area (Å²) in [6.45, 7) is 6.82. The fourth-order valence-corrected chi connectivity index (χ4v) is 17.6. The van der Waals surface area contributed by atoms with Crippen LogP contribution in [0.2, 0.25) is 0 Å². The van der Waals surface area contributed by atoms with E-state index in [1.807, 2.05) is 0 Å². The van der Waals surface area contributed by atoms with Gasteiger partial charge < -0.3 is 18.6 Å². The molecule has 0 aliphatic carbocycles. The van der Waals surface area contributed by atoms with Gasteiger partial charge in [0, 0.05) is 77.7 Å². The van der Waals surface area contributed by atoms with Crippen LogP contribution in [0.25, 0.3) is 155 Å². The zero-order valence-corrected chi connectivity index (χ0v) is 61.7. The van der Waals surface area contributed by atoms with Gasteiger partial charge in [-0.25, -0.2) is 0 Å². The molecule has 0 spiro atoms. The number of nitrogens with zero attached hydrogens (tertiary/aromatic N) is 2. The first-order chi connectivity index (χ1) is 54.7. The highest BCUT2D eigenvalue weighted by molar-refractivity contribution is 7.00. The minimum atomic E-state index is -0.396. The minimum absolute atomic E-state index is 0.319. The molecule has 0 bridgehead atoms. The van der Waals surface area contributed by atoms with E-state index in [9.17, 15) is 0 Å². The predicted octanol–water partition coefficient (Wildman–Crippen LogP) is 27.5. The Hall–Kier alpha value is -14.0. The van der Waals surface area contributed by atoms with E-state index in [4.69, 9.17) is 8.83 Å². The van der Waals surface area contributed by atoms with Crippen molar-refractivity contribution in [2.75, 3.05) is 9.80 Å². The van der Waals surface area contributed by atoms with Crippen LogP contribution in [0.5, 0.6) is 0 Å². The Morgan fingerprint density at radius 3 is 0.910 bits per heavy atom. The van der Waals surface area contributed by atoms with Crippen molar-refractivity contribution >= 4 is 101 Å². The number of para-hydroxylation sites is 4. The average Bonchev–Trinajstić information content (AvgIpc) is 1.19. The van der Waals surface area contributed by atoms with Crippen LogP contribution in [0.1, 0.15) is 26.3 Å². The molecule has 0 unspecified atom stereocenters. The maximum Gasteiger partial charge on any atom is 0.252 e. The van der Waals surface area contributed by atoms with Crippen LogP contribution in [0, 0.1) is 0 Å². The number of fused-ring (bicyclic) bond motifs is 10. The van der Waals surface area contributed by atoms with Crippen LogP contribution in [0.3, 0.4) is 0 Å². The van der Waals surface area contributed by atoms with E-state index in [0.717, 1.165) is 189 Å². The first kappa shape index (κ1) is 65.3. The Balaban J connectivity index is 0.952. The molecule has 5 heteroatoms. The van der Waals surface area contributed by atoms with Gasteiger partial charge in [-0.15, -0.1) is 0 Å². The lowest BCUT2D eigenvalue weighted by molar-refractivity contribution is 0.590. The van der Waals surface area contributed by atoms with Gasteiger partial charge in [-0.05, 0) is 178 Å². The first-order valence-corrected chi connectivity index (χ1v) is 38.5. The van der Waals surface area contributed by atoms with E-state index >= 15 is 0 Å². The van der Waals surface area contributed by atoms with Gasteiger partial charge >= 0.3 is 0 Å². The molecule has 4 heterocycles. The van der Waals surface area contributed by atoms with Gasteiger partial charge in [0.05, 0.1) is 11.4 Å². The van der Waals surface area contributed by atoms with Crippen LogP contribution < -0.4 is 26.2 Å². The third kappa shape index (κ3) is 11.1. The molecule has 0 amide bonds. The van der Waals surface area contributed by atoms with Crippen molar-refractivity contribution in [2.24, 2.45) is 0 Å². The molecular formula is C106H73BN2O2. The Morgan fingerprint density at radius 2 is 0.532 bits per heavy atom. The number of hydrogen-bond acceptors (Lipinski definition) is 4. The average molecular weight is 1420 g/mol. The van der Waals surface area contributed by atoms with Gasteiger partial charge in [-0.3, -0.25) is 0 Å². The quantitative estimate of drug-likeness (QED) is 0.114. The van der Waals surface area contributed by atoms with E-state index in [1.54, 1.807) is 0 Å². The van der Waals surface area contributed by atoms with Crippen LogP contribution >= 0.6 is 0 Å². The van der Waals surface area contributed by atoms with Crippen LogP contribution in [-0.4, -0.2) is 6.71 Å². The molecule has 2 aromatic heterocycles. The largest absolute Gasteiger partial charge is 0.455 e. The minimum Gasteiger partial charge on any atom is -0.455 e. The highest BCUT2D eigenvalue weighted by Gasteiger charge is 2.47. The van der Waals surface area contributed by atoms with E-state index in [-0.39, 0.29) is 6.71 Å². The summed E-state index contributed by atoms with van der Waals surface area (Å²) in [5.41, 5.74) is 36.0. The number of anilines is 6. The van der Waals surface area contributed by atoms with Gasteiger partial charge in [-0.1, -0.05) is 336 Å². The summed E-state index contributed by atoms with van der Waals surface area (Å²) in [5, 5.41) is 4.27. The molecule has 0 fully saturated rings. The molecule has 0 radical (unpaired) electrons. The van der Waals surface area contributed by atoms with Crippen LogP contribution in [0.4, 0.5) is 34.1 Å². The number of rotatable bonds is 12. The smallest absolute Gasteiger partial charge is 0.252 e. The van der Waals surface area contributed by atoms with Crippen molar-refractivity contribution in [2.45, 2.75) is 26.2 Å². The lowest BCUT2D eigenvalue weighted by Gasteiger charge is -2.46. The van der Waals surface area contributed by atoms with Gasteiger partial charge in [0.15, 0.2) is 0 Å². The number of benzene rings is 17. The maximum atomic E-state index is 7.30. The molecule has 4 nitrogen and oxygen atoms in total. The Labute approximate surface area is 646 Å². The van der Waals surface area contributed by atoms with Crippen LogP contribution in [-0.2, 0) is 5.41 Å². The molecule has 0 saturated carbocycles. The molecule has 19 aromatic rings. The zero-order chi connectivity index (χ0) is 73.8. The maximum absolute atomic E-state index is 7.30. The lowest BCUT2D eigenvalue weighted by Crippen LogP contribution is -2.61. The molecule has 0 saturated heterocycles. The lowest BCUT2D eigenvalue weighted by atomic mass is 9.33. The fourth-order valence-electron chi connectivity index (χ4n) is 17.6. The molecule has 2 aliphatic rings. The standard InChI is InChI=1S/C106H73BN2O2/c1-106(2,3)82-66-97-101-98(67-82)109(103-90(79-45-27-43-75(59-79)69-32-12-5-13-33-69)61-81(73-40-20-9-21-41-73)63-92(103)88-51-29-49-86-84-47-23-25-53-100(84)111-105(86)88)96-57-55-77(71-36-16-7-17-37-71)65-94(96)107(101)93-64-76(70-34-14-6-15-35-70)54-56-95(93)108(97)102-89(78-44-26-42-74(58-78)68-30-10-4-11-31-68)60-80(72-38-18-8-19-39-72)62-91(102)87-50-28-48-85-83-46-22-24-52-99(83)110-104(85)87/h4-67H,1-3H3. The van der Waals surface area contributed by atoms with Crippen molar-refractivity contribution in [1.29, 1.82) is 0 Å². The first-order valence-electron chi connectivity index (χ1n) is 38.5. The molecule has 17 aromatic carbocycles. The highest BCUT2D eigenvalue weighted by Crippen LogP contribution is 2.57.